The molecule has 21 heavy (non-hydrogen) atoms. The molecule has 114 valence electrons. The highest BCUT2D eigenvalue weighted by Crippen LogP contribution is 2.25. The number of halogens is 1. The van der Waals surface area contributed by atoms with Gasteiger partial charge in [-0.05, 0) is 18.2 Å². The third-order valence-electron chi connectivity index (χ3n) is 2.77. The van der Waals surface area contributed by atoms with E-state index in [0.717, 1.165) is 0 Å². The van der Waals surface area contributed by atoms with E-state index in [1.165, 1.54) is 7.11 Å². The number of hydrogen-bond donors (Lipinski definition) is 0. The topological polar surface area (TPSA) is 82.3 Å². The van der Waals surface area contributed by atoms with Crippen LogP contribution < -0.4 is 4.74 Å². The van der Waals surface area contributed by atoms with Gasteiger partial charge in [0.25, 0.3) is 0 Å². The fourth-order valence-electron chi connectivity index (χ4n) is 1.83. The predicted octanol–water partition coefficient (Wildman–Crippen LogP) is 2.41. The maximum atomic E-state index is 12.2. The van der Waals surface area contributed by atoms with Crippen molar-refractivity contribution in [3.05, 3.63) is 40.6 Å². The Kier molecular flexibility index (Phi) is 4.84. The molecule has 0 spiro atoms. The highest BCUT2D eigenvalue weighted by atomic mass is 35.5. The molecular formula is C13H15ClN2O4S. The quantitative estimate of drug-likeness (QED) is 0.809. The van der Waals surface area contributed by atoms with Crippen molar-refractivity contribution in [1.82, 2.24) is 10.2 Å². The Morgan fingerprint density at radius 1 is 1.24 bits per heavy atom. The number of sulfone groups is 1. The maximum Gasteiger partial charge on any atom is 0.231 e. The van der Waals surface area contributed by atoms with Crippen LogP contribution in [0.15, 0.2) is 22.6 Å². The summed E-state index contributed by atoms with van der Waals surface area (Å²) in [5, 5.41) is 7.92. The van der Waals surface area contributed by atoms with E-state index in [1.54, 1.807) is 18.2 Å². The third-order valence-corrected chi connectivity index (χ3v) is 4.45. The van der Waals surface area contributed by atoms with Crippen LogP contribution in [0.2, 0.25) is 5.02 Å². The molecule has 0 bridgehead atoms. The summed E-state index contributed by atoms with van der Waals surface area (Å²) >= 11 is 5.89. The Bertz CT molecular complexity index is 728. The van der Waals surface area contributed by atoms with Gasteiger partial charge in [-0.2, -0.15) is 0 Å². The van der Waals surface area contributed by atoms with E-state index >= 15 is 0 Å². The van der Waals surface area contributed by atoms with Gasteiger partial charge in [-0.3, -0.25) is 0 Å². The lowest BCUT2D eigenvalue weighted by molar-refractivity contribution is 0.411. The molecule has 0 saturated heterocycles. The van der Waals surface area contributed by atoms with Crippen LogP contribution in [-0.4, -0.2) is 25.7 Å². The largest absolute Gasteiger partial charge is 0.496 e. The van der Waals surface area contributed by atoms with Crippen LogP contribution in [0.3, 0.4) is 0 Å². The molecule has 0 saturated carbocycles. The molecule has 0 radical (unpaired) electrons. The summed E-state index contributed by atoms with van der Waals surface area (Å²) in [6, 6.07) is 4.85. The molecule has 0 aliphatic rings. The van der Waals surface area contributed by atoms with E-state index < -0.39 is 9.84 Å². The molecule has 0 unspecified atom stereocenters. The summed E-state index contributed by atoms with van der Waals surface area (Å²) in [6.45, 7) is 1.85. The molecule has 0 aliphatic carbocycles. The SMILES string of the molecule is CCc1nnc(CS(=O)(=O)Cc2cc(Cl)ccc2OC)o1. The minimum atomic E-state index is -3.47. The zero-order chi connectivity index (χ0) is 15.5. The first-order valence-corrected chi connectivity index (χ1v) is 8.47. The molecule has 0 atom stereocenters. The highest BCUT2D eigenvalue weighted by molar-refractivity contribution is 7.89. The van der Waals surface area contributed by atoms with Gasteiger partial charge in [0.05, 0.1) is 12.9 Å². The van der Waals surface area contributed by atoms with Gasteiger partial charge in [-0.25, -0.2) is 8.42 Å². The fraction of sp³-hybridized carbons (Fsp3) is 0.385. The summed E-state index contributed by atoms with van der Waals surface area (Å²) < 4.78 is 34.8. The number of aromatic nitrogens is 2. The molecule has 0 N–H and O–H groups in total. The third kappa shape index (κ3) is 4.18. The summed E-state index contributed by atoms with van der Waals surface area (Å²) in [6.07, 6.45) is 0.565. The molecule has 0 fully saturated rings. The van der Waals surface area contributed by atoms with Gasteiger partial charge < -0.3 is 9.15 Å². The van der Waals surface area contributed by atoms with Crippen molar-refractivity contribution in [2.75, 3.05) is 7.11 Å². The van der Waals surface area contributed by atoms with Gasteiger partial charge in [0.15, 0.2) is 9.84 Å². The van der Waals surface area contributed by atoms with Crippen molar-refractivity contribution in [3.63, 3.8) is 0 Å². The Balaban J connectivity index is 2.19. The number of ether oxygens (including phenoxy) is 1. The molecule has 6 nitrogen and oxygen atoms in total. The Labute approximate surface area is 128 Å². The lowest BCUT2D eigenvalue weighted by Crippen LogP contribution is -2.09. The fourth-order valence-corrected chi connectivity index (χ4v) is 3.31. The summed E-state index contributed by atoms with van der Waals surface area (Å²) in [4.78, 5) is 0. The van der Waals surface area contributed by atoms with E-state index in [9.17, 15) is 8.42 Å². The number of benzene rings is 1. The van der Waals surface area contributed by atoms with Crippen LogP contribution in [0.4, 0.5) is 0 Å². The predicted molar refractivity (Wildman–Crippen MR) is 78.0 cm³/mol. The van der Waals surface area contributed by atoms with Gasteiger partial charge in [0.1, 0.15) is 11.5 Å². The zero-order valence-electron chi connectivity index (χ0n) is 11.7. The van der Waals surface area contributed by atoms with Crippen molar-refractivity contribution >= 4 is 21.4 Å². The summed E-state index contributed by atoms with van der Waals surface area (Å²) in [7, 11) is -1.99. The van der Waals surface area contributed by atoms with E-state index in [2.05, 4.69) is 10.2 Å². The van der Waals surface area contributed by atoms with Crippen LogP contribution in [0.1, 0.15) is 24.3 Å². The normalized spacial score (nSPS) is 11.6. The first-order valence-electron chi connectivity index (χ1n) is 6.27. The minimum absolute atomic E-state index is 0.0906. The van der Waals surface area contributed by atoms with Gasteiger partial charge in [0, 0.05) is 17.0 Å². The number of rotatable bonds is 6. The Morgan fingerprint density at radius 3 is 2.57 bits per heavy atom. The molecule has 1 heterocycles. The first kappa shape index (κ1) is 15.8. The van der Waals surface area contributed by atoms with Gasteiger partial charge >= 0.3 is 0 Å². The number of methoxy groups -OCH3 is 1. The Hall–Kier alpha value is -1.60. The molecule has 8 heteroatoms. The molecule has 2 aromatic rings. The summed E-state index contributed by atoms with van der Waals surface area (Å²) in [5.74, 6) is 0.465. The van der Waals surface area contributed by atoms with Gasteiger partial charge in [-0.15, -0.1) is 10.2 Å². The van der Waals surface area contributed by atoms with E-state index in [4.69, 9.17) is 20.8 Å². The average Bonchev–Trinajstić information content (AvgIpc) is 2.85. The van der Waals surface area contributed by atoms with Crippen LogP contribution in [0.25, 0.3) is 0 Å². The van der Waals surface area contributed by atoms with Crippen LogP contribution in [0, 0.1) is 0 Å². The zero-order valence-corrected chi connectivity index (χ0v) is 13.2. The van der Waals surface area contributed by atoms with Crippen LogP contribution >= 0.6 is 11.6 Å². The van der Waals surface area contributed by atoms with Crippen LogP contribution in [-0.2, 0) is 27.8 Å². The van der Waals surface area contributed by atoms with E-state index in [1.807, 2.05) is 6.92 Å². The van der Waals surface area contributed by atoms with Crippen molar-refractivity contribution in [2.24, 2.45) is 0 Å². The highest BCUT2D eigenvalue weighted by Gasteiger charge is 2.20. The molecule has 0 aliphatic heterocycles. The molecular weight excluding hydrogens is 316 g/mol. The number of nitrogens with zero attached hydrogens (tertiary/aromatic N) is 2. The van der Waals surface area contributed by atoms with Crippen molar-refractivity contribution in [2.45, 2.75) is 24.9 Å². The number of aryl methyl sites for hydroxylation is 1. The monoisotopic (exact) mass is 330 g/mol. The van der Waals surface area contributed by atoms with Crippen LogP contribution in [0.5, 0.6) is 5.75 Å². The minimum Gasteiger partial charge on any atom is -0.496 e. The smallest absolute Gasteiger partial charge is 0.231 e. The second kappa shape index (κ2) is 6.44. The molecule has 0 amide bonds. The van der Waals surface area contributed by atoms with Crippen molar-refractivity contribution in [3.8, 4) is 5.75 Å². The second-order valence-electron chi connectivity index (χ2n) is 4.43. The maximum absolute atomic E-state index is 12.2. The Morgan fingerprint density at radius 2 is 1.95 bits per heavy atom. The molecule has 1 aromatic carbocycles. The lowest BCUT2D eigenvalue weighted by atomic mass is 10.2. The van der Waals surface area contributed by atoms with Crippen molar-refractivity contribution < 1.29 is 17.6 Å². The van der Waals surface area contributed by atoms with E-state index in [-0.39, 0.29) is 17.4 Å². The lowest BCUT2D eigenvalue weighted by Gasteiger charge is -2.08. The van der Waals surface area contributed by atoms with Gasteiger partial charge in [0.2, 0.25) is 11.8 Å². The standard InChI is InChI=1S/C13H15ClN2O4S/c1-3-12-15-16-13(20-12)8-21(17,18)7-9-6-10(14)4-5-11(9)19-2/h4-6H,3,7-8H2,1-2H3. The number of hydrogen-bond acceptors (Lipinski definition) is 6. The molecule has 2 rings (SSSR count). The van der Waals surface area contributed by atoms with Crippen molar-refractivity contribution in [1.29, 1.82) is 0 Å². The van der Waals surface area contributed by atoms with Gasteiger partial charge in [-0.1, -0.05) is 18.5 Å². The summed E-state index contributed by atoms with van der Waals surface area (Å²) in [5.41, 5.74) is 0.500. The van der Waals surface area contributed by atoms with E-state index in [0.29, 0.717) is 28.6 Å². The molecule has 1 aromatic heterocycles. The second-order valence-corrected chi connectivity index (χ2v) is 6.93. The first-order chi connectivity index (χ1) is 9.93. The average molecular weight is 331 g/mol.